The first-order valence-corrected chi connectivity index (χ1v) is 5.63. The summed E-state index contributed by atoms with van der Waals surface area (Å²) in [7, 11) is 0. The van der Waals surface area contributed by atoms with E-state index in [1.165, 1.54) is 0 Å². The van der Waals surface area contributed by atoms with Crippen molar-refractivity contribution in [2.75, 3.05) is 10.6 Å². The Morgan fingerprint density at radius 2 is 1.94 bits per heavy atom. The van der Waals surface area contributed by atoms with Crippen LogP contribution < -0.4 is 10.6 Å². The number of amides is 2. The predicted molar refractivity (Wildman–Crippen MR) is 69.8 cm³/mol. The third kappa shape index (κ3) is 2.88. The van der Waals surface area contributed by atoms with Gasteiger partial charge in [-0.1, -0.05) is 17.3 Å². The van der Waals surface area contributed by atoms with Crippen molar-refractivity contribution in [1.82, 2.24) is 5.16 Å². The van der Waals surface area contributed by atoms with Gasteiger partial charge in [-0.15, -0.1) is 0 Å². The van der Waals surface area contributed by atoms with E-state index < -0.39 is 0 Å². The van der Waals surface area contributed by atoms with Crippen LogP contribution in [0.3, 0.4) is 0 Å². The van der Waals surface area contributed by atoms with E-state index in [9.17, 15) is 4.79 Å². The number of anilines is 2. The summed E-state index contributed by atoms with van der Waals surface area (Å²) in [6.45, 7) is 5.68. The Labute approximate surface area is 105 Å². The van der Waals surface area contributed by atoms with Gasteiger partial charge in [-0.25, -0.2) is 4.79 Å². The van der Waals surface area contributed by atoms with Gasteiger partial charge >= 0.3 is 6.03 Å². The molecule has 0 fully saturated rings. The quantitative estimate of drug-likeness (QED) is 0.853. The highest BCUT2D eigenvalue weighted by Crippen LogP contribution is 2.16. The zero-order valence-corrected chi connectivity index (χ0v) is 10.6. The number of aryl methyl sites for hydroxylation is 3. The van der Waals surface area contributed by atoms with Gasteiger partial charge in [0.1, 0.15) is 5.76 Å². The standard InChI is InChI=1S/C13H15N3O2/c1-8-4-5-9(2)11(6-8)14-13(17)15-12-7-10(3)18-16-12/h4-7H,1-3H3,(H2,14,15,16,17). The zero-order valence-electron chi connectivity index (χ0n) is 10.6. The summed E-state index contributed by atoms with van der Waals surface area (Å²) in [6.07, 6.45) is 0. The fourth-order valence-electron chi connectivity index (χ4n) is 1.57. The van der Waals surface area contributed by atoms with Crippen molar-refractivity contribution in [3.63, 3.8) is 0 Å². The maximum Gasteiger partial charge on any atom is 0.324 e. The number of hydrogen-bond acceptors (Lipinski definition) is 3. The number of urea groups is 1. The van der Waals surface area contributed by atoms with Gasteiger partial charge in [-0.05, 0) is 38.0 Å². The molecule has 0 radical (unpaired) electrons. The lowest BCUT2D eigenvalue weighted by molar-refractivity contribution is 0.262. The van der Waals surface area contributed by atoms with Crippen molar-refractivity contribution in [2.24, 2.45) is 0 Å². The SMILES string of the molecule is Cc1ccc(C)c(NC(=O)Nc2cc(C)on2)c1. The second-order valence-corrected chi connectivity index (χ2v) is 4.22. The second-order valence-electron chi connectivity index (χ2n) is 4.22. The summed E-state index contributed by atoms with van der Waals surface area (Å²) in [4.78, 5) is 11.8. The van der Waals surface area contributed by atoms with E-state index in [1.807, 2.05) is 32.0 Å². The number of aromatic nitrogens is 1. The number of hydrogen-bond donors (Lipinski definition) is 2. The largest absolute Gasteiger partial charge is 0.360 e. The average Bonchev–Trinajstić information content (AvgIpc) is 2.69. The van der Waals surface area contributed by atoms with Gasteiger partial charge in [0.05, 0.1) is 0 Å². The van der Waals surface area contributed by atoms with Gasteiger partial charge < -0.3 is 9.84 Å². The first-order chi connectivity index (χ1) is 8.54. The van der Waals surface area contributed by atoms with Crippen LogP contribution in [0.2, 0.25) is 0 Å². The van der Waals surface area contributed by atoms with E-state index in [1.54, 1.807) is 13.0 Å². The van der Waals surface area contributed by atoms with E-state index in [2.05, 4.69) is 15.8 Å². The molecular formula is C13H15N3O2. The Hall–Kier alpha value is -2.30. The number of nitrogens with one attached hydrogen (secondary N) is 2. The Balaban J connectivity index is 2.05. The Morgan fingerprint density at radius 1 is 1.17 bits per heavy atom. The van der Waals surface area contributed by atoms with Gasteiger partial charge in [-0.3, -0.25) is 5.32 Å². The third-order valence-corrected chi connectivity index (χ3v) is 2.51. The van der Waals surface area contributed by atoms with Crippen molar-refractivity contribution < 1.29 is 9.32 Å². The smallest absolute Gasteiger partial charge is 0.324 e. The van der Waals surface area contributed by atoms with E-state index in [0.717, 1.165) is 16.8 Å². The topological polar surface area (TPSA) is 67.2 Å². The van der Waals surface area contributed by atoms with Crippen LogP contribution in [0.5, 0.6) is 0 Å². The van der Waals surface area contributed by atoms with E-state index in [-0.39, 0.29) is 6.03 Å². The summed E-state index contributed by atoms with van der Waals surface area (Å²) >= 11 is 0. The molecular weight excluding hydrogens is 230 g/mol. The maximum absolute atomic E-state index is 11.8. The first kappa shape index (κ1) is 12.2. The van der Waals surface area contributed by atoms with Crippen molar-refractivity contribution in [2.45, 2.75) is 20.8 Å². The lowest BCUT2D eigenvalue weighted by Crippen LogP contribution is -2.20. The van der Waals surface area contributed by atoms with Crippen LogP contribution in [0.4, 0.5) is 16.3 Å². The molecule has 1 aromatic carbocycles. The van der Waals surface area contributed by atoms with Crippen LogP contribution >= 0.6 is 0 Å². The fraction of sp³-hybridized carbons (Fsp3) is 0.231. The van der Waals surface area contributed by atoms with Crippen molar-refractivity contribution in [3.8, 4) is 0 Å². The molecule has 5 heteroatoms. The Bertz CT molecular complexity index is 575. The molecule has 0 aliphatic carbocycles. The molecule has 0 aliphatic rings. The summed E-state index contributed by atoms with van der Waals surface area (Å²) < 4.78 is 4.87. The van der Waals surface area contributed by atoms with Crippen LogP contribution in [0, 0.1) is 20.8 Å². The molecule has 2 rings (SSSR count). The van der Waals surface area contributed by atoms with Crippen LogP contribution in [0.1, 0.15) is 16.9 Å². The van der Waals surface area contributed by atoms with Crippen LogP contribution in [-0.4, -0.2) is 11.2 Å². The number of rotatable bonds is 2. The van der Waals surface area contributed by atoms with Gasteiger partial charge in [0.2, 0.25) is 0 Å². The normalized spacial score (nSPS) is 10.2. The minimum Gasteiger partial charge on any atom is -0.360 e. The molecule has 2 aromatic rings. The van der Waals surface area contributed by atoms with Crippen molar-refractivity contribution in [1.29, 1.82) is 0 Å². The number of carbonyl (C=O) groups excluding carboxylic acids is 1. The lowest BCUT2D eigenvalue weighted by atomic mass is 10.1. The lowest BCUT2D eigenvalue weighted by Gasteiger charge is -2.09. The van der Waals surface area contributed by atoms with Gasteiger partial charge in [0, 0.05) is 11.8 Å². The highest BCUT2D eigenvalue weighted by molar-refractivity contribution is 5.99. The monoisotopic (exact) mass is 245 g/mol. The number of carbonyl (C=O) groups is 1. The van der Waals surface area contributed by atoms with Gasteiger partial charge in [-0.2, -0.15) is 0 Å². The van der Waals surface area contributed by atoms with Crippen molar-refractivity contribution >= 4 is 17.5 Å². The highest BCUT2D eigenvalue weighted by Gasteiger charge is 2.07. The zero-order chi connectivity index (χ0) is 13.1. The molecule has 0 saturated heterocycles. The molecule has 1 heterocycles. The molecule has 1 aromatic heterocycles. The molecule has 5 nitrogen and oxygen atoms in total. The van der Waals surface area contributed by atoms with E-state index in [4.69, 9.17) is 4.52 Å². The molecule has 0 atom stereocenters. The minimum absolute atomic E-state index is 0.336. The van der Waals surface area contributed by atoms with Crippen molar-refractivity contribution in [3.05, 3.63) is 41.2 Å². The molecule has 0 unspecified atom stereocenters. The predicted octanol–water partition coefficient (Wildman–Crippen LogP) is 3.24. The molecule has 0 aliphatic heterocycles. The molecule has 0 bridgehead atoms. The van der Waals surface area contributed by atoms with Crippen LogP contribution in [0.15, 0.2) is 28.8 Å². The average molecular weight is 245 g/mol. The third-order valence-electron chi connectivity index (χ3n) is 2.51. The minimum atomic E-state index is -0.336. The highest BCUT2D eigenvalue weighted by atomic mass is 16.5. The summed E-state index contributed by atoms with van der Waals surface area (Å²) in [5.74, 6) is 1.05. The summed E-state index contributed by atoms with van der Waals surface area (Å²) in [5, 5.41) is 9.07. The fourth-order valence-corrected chi connectivity index (χ4v) is 1.57. The molecule has 0 spiro atoms. The Morgan fingerprint density at radius 3 is 2.61 bits per heavy atom. The number of nitrogens with zero attached hydrogens (tertiary/aromatic N) is 1. The first-order valence-electron chi connectivity index (χ1n) is 5.63. The molecule has 2 amide bonds. The molecule has 0 saturated carbocycles. The second kappa shape index (κ2) is 4.91. The summed E-state index contributed by atoms with van der Waals surface area (Å²) in [5.41, 5.74) is 2.88. The summed E-state index contributed by atoms with van der Waals surface area (Å²) in [6, 6.07) is 7.20. The molecule has 94 valence electrons. The number of benzene rings is 1. The van der Waals surface area contributed by atoms with Crippen LogP contribution in [-0.2, 0) is 0 Å². The van der Waals surface area contributed by atoms with E-state index >= 15 is 0 Å². The van der Waals surface area contributed by atoms with Crippen LogP contribution in [0.25, 0.3) is 0 Å². The molecule has 18 heavy (non-hydrogen) atoms. The van der Waals surface area contributed by atoms with E-state index in [0.29, 0.717) is 11.6 Å². The van der Waals surface area contributed by atoms with Gasteiger partial charge in [0.25, 0.3) is 0 Å². The Kier molecular flexibility index (Phi) is 3.32. The maximum atomic E-state index is 11.8. The molecule has 2 N–H and O–H groups in total. The van der Waals surface area contributed by atoms with Gasteiger partial charge in [0.15, 0.2) is 5.82 Å².